The SMILES string of the molecule is CC(C)Oc1ccnc(NCCCOc2ccc3c(c2)Cc2ccccc2[C@H](CC(=O)O)C3)c1. The van der Waals surface area contributed by atoms with Crippen molar-refractivity contribution in [3.05, 3.63) is 83.0 Å². The number of aromatic nitrogens is 1. The molecule has 0 fully saturated rings. The Hall–Kier alpha value is -3.54. The fourth-order valence-corrected chi connectivity index (χ4v) is 4.45. The molecule has 0 amide bonds. The first-order chi connectivity index (χ1) is 16.5. The van der Waals surface area contributed by atoms with E-state index in [1.165, 1.54) is 16.7 Å². The monoisotopic (exact) mass is 460 g/mol. The number of carboxylic acids is 1. The van der Waals surface area contributed by atoms with Crippen molar-refractivity contribution in [3.8, 4) is 11.5 Å². The Labute approximate surface area is 201 Å². The number of rotatable bonds is 10. The second-order valence-corrected chi connectivity index (χ2v) is 8.98. The Balaban J connectivity index is 1.33. The number of nitrogens with zero attached hydrogens (tertiary/aromatic N) is 1. The predicted molar refractivity (Wildman–Crippen MR) is 133 cm³/mol. The van der Waals surface area contributed by atoms with Crippen LogP contribution in [0.15, 0.2) is 60.8 Å². The highest BCUT2D eigenvalue weighted by Gasteiger charge is 2.24. The molecule has 3 aromatic rings. The lowest BCUT2D eigenvalue weighted by Gasteiger charge is -2.16. The molecule has 0 unspecified atom stereocenters. The van der Waals surface area contributed by atoms with Crippen LogP contribution in [0.3, 0.4) is 0 Å². The molecule has 0 radical (unpaired) electrons. The summed E-state index contributed by atoms with van der Waals surface area (Å²) < 4.78 is 11.7. The number of ether oxygens (including phenoxy) is 2. The quantitative estimate of drug-likeness (QED) is 0.391. The lowest BCUT2D eigenvalue weighted by atomic mass is 9.89. The third-order valence-electron chi connectivity index (χ3n) is 5.94. The Morgan fingerprint density at radius 1 is 1.09 bits per heavy atom. The summed E-state index contributed by atoms with van der Waals surface area (Å²) in [5.41, 5.74) is 4.75. The summed E-state index contributed by atoms with van der Waals surface area (Å²) in [7, 11) is 0. The molecule has 4 rings (SSSR count). The molecule has 1 atom stereocenters. The van der Waals surface area contributed by atoms with Gasteiger partial charge < -0.3 is 19.9 Å². The van der Waals surface area contributed by atoms with Crippen LogP contribution in [-0.2, 0) is 17.6 Å². The number of pyridine rings is 1. The van der Waals surface area contributed by atoms with Crippen LogP contribution in [0.25, 0.3) is 0 Å². The molecule has 178 valence electrons. The third kappa shape index (κ3) is 6.28. The zero-order valence-corrected chi connectivity index (χ0v) is 19.8. The largest absolute Gasteiger partial charge is 0.494 e. The highest BCUT2D eigenvalue weighted by molar-refractivity contribution is 5.68. The van der Waals surface area contributed by atoms with Crippen LogP contribution in [0.2, 0.25) is 0 Å². The Bertz CT molecular complexity index is 1130. The number of carbonyl (C=O) groups is 1. The van der Waals surface area contributed by atoms with E-state index in [4.69, 9.17) is 9.47 Å². The second-order valence-electron chi connectivity index (χ2n) is 8.98. The van der Waals surface area contributed by atoms with Gasteiger partial charge in [0.25, 0.3) is 0 Å². The van der Waals surface area contributed by atoms with Gasteiger partial charge in [-0.25, -0.2) is 4.98 Å². The van der Waals surface area contributed by atoms with E-state index in [9.17, 15) is 9.90 Å². The zero-order chi connectivity index (χ0) is 23.9. The third-order valence-corrected chi connectivity index (χ3v) is 5.94. The highest BCUT2D eigenvalue weighted by Crippen LogP contribution is 2.35. The molecule has 0 saturated heterocycles. The molecule has 1 aliphatic carbocycles. The van der Waals surface area contributed by atoms with Crippen molar-refractivity contribution in [2.45, 2.75) is 51.6 Å². The first-order valence-corrected chi connectivity index (χ1v) is 11.9. The maximum Gasteiger partial charge on any atom is 0.303 e. The summed E-state index contributed by atoms with van der Waals surface area (Å²) in [6.45, 7) is 5.33. The van der Waals surface area contributed by atoms with E-state index in [0.29, 0.717) is 6.61 Å². The van der Waals surface area contributed by atoms with Crippen molar-refractivity contribution in [2.75, 3.05) is 18.5 Å². The number of aliphatic carboxylic acids is 1. The topological polar surface area (TPSA) is 80.7 Å². The molecule has 0 bridgehead atoms. The highest BCUT2D eigenvalue weighted by atomic mass is 16.5. The molecule has 6 nitrogen and oxygen atoms in total. The van der Waals surface area contributed by atoms with Crippen molar-refractivity contribution >= 4 is 11.8 Å². The van der Waals surface area contributed by atoms with E-state index in [-0.39, 0.29) is 18.4 Å². The van der Waals surface area contributed by atoms with E-state index in [1.54, 1.807) is 6.20 Å². The fraction of sp³-hybridized carbons (Fsp3) is 0.357. The first kappa shape index (κ1) is 23.6. The lowest BCUT2D eigenvalue weighted by Crippen LogP contribution is -2.10. The molecular formula is C28H32N2O4. The van der Waals surface area contributed by atoms with Crippen molar-refractivity contribution < 1.29 is 19.4 Å². The normalized spacial score (nSPS) is 14.6. The van der Waals surface area contributed by atoms with Crippen LogP contribution < -0.4 is 14.8 Å². The Kier molecular flexibility index (Phi) is 7.68. The lowest BCUT2D eigenvalue weighted by molar-refractivity contribution is -0.137. The molecule has 0 saturated carbocycles. The summed E-state index contributed by atoms with van der Waals surface area (Å²) in [5.74, 6) is 1.68. The van der Waals surface area contributed by atoms with E-state index < -0.39 is 5.97 Å². The molecule has 0 aliphatic heterocycles. The summed E-state index contributed by atoms with van der Waals surface area (Å²) >= 11 is 0. The van der Waals surface area contributed by atoms with Crippen LogP contribution in [0.4, 0.5) is 5.82 Å². The molecule has 1 aliphatic rings. The van der Waals surface area contributed by atoms with Crippen molar-refractivity contribution in [3.63, 3.8) is 0 Å². The van der Waals surface area contributed by atoms with Crippen LogP contribution in [0, 0.1) is 0 Å². The summed E-state index contributed by atoms with van der Waals surface area (Å²) in [4.78, 5) is 15.8. The summed E-state index contributed by atoms with van der Waals surface area (Å²) in [6, 6.07) is 18.1. The van der Waals surface area contributed by atoms with Crippen molar-refractivity contribution in [1.29, 1.82) is 0 Å². The molecule has 2 N–H and O–H groups in total. The van der Waals surface area contributed by atoms with Gasteiger partial charge in [0, 0.05) is 18.8 Å². The van der Waals surface area contributed by atoms with Crippen LogP contribution in [0.1, 0.15) is 54.9 Å². The van der Waals surface area contributed by atoms with Gasteiger partial charge in [-0.3, -0.25) is 4.79 Å². The molecule has 6 heteroatoms. The van der Waals surface area contributed by atoms with Gasteiger partial charge in [0.15, 0.2) is 0 Å². The minimum Gasteiger partial charge on any atom is -0.494 e. The standard InChI is InChI=1S/C28H32N2O4/c1-19(2)34-25-10-12-30-27(18-25)29-11-5-13-33-24-9-8-20-14-23(17-28(31)32)26-7-4-3-6-21(26)15-22(20)16-24/h3-4,6-10,12,16,18-19,23H,5,11,13-15,17H2,1-2H3,(H,29,30)(H,31,32)/t23-/m0/s1. The number of benzene rings is 2. The maximum atomic E-state index is 11.4. The van der Waals surface area contributed by atoms with E-state index >= 15 is 0 Å². The number of hydrogen-bond donors (Lipinski definition) is 2. The molecule has 34 heavy (non-hydrogen) atoms. The number of hydrogen-bond acceptors (Lipinski definition) is 5. The minimum absolute atomic E-state index is 0.00848. The van der Waals surface area contributed by atoms with E-state index in [2.05, 4.69) is 34.6 Å². The van der Waals surface area contributed by atoms with Crippen LogP contribution in [0.5, 0.6) is 11.5 Å². The fourth-order valence-electron chi connectivity index (χ4n) is 4.45. The zero-order valence-electron chi connectivity index (χ0n) is 19.8. The minimum atomic E-state index is -0.758. The average Bonchev–Trinajstić information content (AvgIpc) is 2.94. The maximum absolute atomic E-state index is 11.4. The van der Waals surface area contributed by atoms with Gasteiger partial charge in [-0.1, -0.05) is 30.3 Å². The van der Waals surface area contributed by atoms with Crippen molar-refractivity contribution in [1.82, 2.24) is 4.98 Å². The van der Waals surface area contributed by atoms with Gasteiger partial charge in [0.05, 0.1) is 19.1 Å². The van der Waals surface area contributed by atoms with Gasteiger partial charge in [-0.2, -0.15) is 0 Å². The second kappa shape index (κ2) is 11.1. The smallest absolute Gasteiger partial charge is 0.303 e. The number of carboxylic acid groups (broad SMARTS) is 1. The van der Waals surface area contributed by atoms with Gasteiger partial charge in [-0.05, 0) is 79.5 Å². The Morgan fingerprint density at radius 3 is 2.76 bits per heavy atom. The molecule has 1 aromatic heterocycles. The van der Waals surface area contributed by atoms with E-state index in [0.717, 1.165) is 48.7 Å². The van der Waals surface area contributed by atoms with Gasteiger partial charge >= 0.3 is 5.97 Å². The van der Waals surface area contributed by atoms with Gasteiger partial charge in [-0.15, -0.1) is 0 Å². The first-order valence-electron chi connectivity index (χ1n) is 11.9. The van der Waals surface area contributed by atoms with Crippen molar-refractivity contribution in [2.24, 2.45) is 0 Å². The molecular weight excluding hydrogens is 428 g/mol. The number of fused-ring (bicyclic) bond motifs is 2. The number of anilines is 1. The Morgan fingerprint density at radius 2 is 1.94 bits per heavy atom. The van der Waals surface area contributed by atoms with Gasteiger partial charge in [0.2, 0.25) is 0 Å². The molecule has 2 aromatic carbocycles. The predicted octanol–water partition coefficient (Wildman–Crippen LogP) is 5.46. The van der Waals surface area contributed by atoms with Crippen LogP contribution >= 0.6 is 0 Å². The van der Waals surface area contributed by atoms with Gasteiger partial charge in [0.1, 0.15) is 17.3 Å². The molecule has 0 spiro atoms. The summed E-state index contributed by atoms with van der Waals surface area (Å²) in [5, 5.41) is 12.7. The van der Waals surface area contributed by atoms with Crippen LogP contribution in [-0.4, -0.2) is 35.3 Å². The number of nitrogens with one attached hydrogen (secondary N) is 1. The van der Waals surface area contributed by atoms with E-state index in [1.807, 2.05) is 44.2 Å². The molecule has 1 heterocycles. The summed E-state index contributed by atoms with van der Waals surface area (Å²) in [6.07, 6.45) is 4.36. The average molecular weight is 461 g/mol.